The Hall–Kier alpha value is -2.42. The molecule has 0 radical (unpaired) electrons. The Bertz CT molecular complexity index is 922. The SMILES string of the molecule is CCOc1ccc(C=C(C#N)c2nc(-c3ccc(Br)cc3)cs2)cc1. The van der Waals surface area contributed by atoms with Crippen LogP contribution in [0.3, 0.4) is 0 Å². The maximum atomic E-state index is 9.51. The van der Waals surface area contributed by atoms with E-state index < -0.39 is 0 Å². The van der Waals surface area contributed by atoms with Crippen LogP contribution in [0, 0.1) is 11.3 Å². The van der Waals surface area contributed by atoms with Gasteiger partial charge in [-0.1, -0.05) is 40.2 Å². The Morgan fingerprint density at radius 1 is 1.20 bits per heavy atom. The van der Waals surface area contributed by atoms with E-state index in [4.69, 9.17) is 4.74 Å². The molecule has 0 saturated carbocycles. The molecule has 1 aromatic heterocycles. The molecule has 0 aliphatic carbocycles. The zero-order chi connectivity index (χ0) is 17.6. The monoisotopic (exact) mass is 410 g/mol. The van der Waals surface area contributed by atoms with Gasteiger partial charge in [-0.3, -0.25) is 0 Å². The number of ether oxygens (including phenoxy) is 1. The number of nitriles is 1. The number of hydrogen-bond donors (Lipinski definition) is 0. The van der Waals surface area contributed by atoms with Gasteiger partial charge in [-0.05, 0) is 42.8 Å². The van der Waals surface area contributed by atoms with Gasteiger partial charge in [-0.2, -0.15) is 5.26 Å². The minimum Gasteiger partial charge on any atom is -0.494 e. The maximum absolute atomic E-state index is 9.51. The number of benzene rings is 2. The molecule has 0 bridgehead atoms. The number of halogens is 1. The number of nitrogens with zero attached hydrogens (tertiary/aromatic N) is 2. The molecule has 3 nitrogen and oxygen atoms in total. The second-order valence-corrected chi connectivity index (χ2v) is 6.99. The number of aromatic nitrogens is 1. The lowest BCUT2D eigenvalue weighted by Gasteiger charge is -2.02. The van der Waals surface area contributed by atoms with Crippen LogP contribution in [0.2, 0.25) is 0 Å². The first-order chi connectivity index (χ1) is 12.2. The fourth-order valence-corrected chi connectivity index (χ4v) is 3.35. The Morgan fingerprint density at radius 2 is 1.92 bits per heavy atom. The van der Waals surface area contributed by atoms with Gasteiger partial charge in [0, 0.05) is 15.4 Å². The van der Waals surface area contributed by atoms with Crippen LogP contribution in [0.5, 0.6) is 5.75 Å². The van der Waals surface area contributed by atoms with Crippen molar-refractivity contribution < 1.29 is 4.74 Å². The van der Waals surface area contributed by atoms with E-state index in [1.165, 1.54) is 11.3 Å². The van der Waals surface area contributed by atoms with E-state index in [9.17, 15) is 5.26 Å². The van der Waals surface area contributed by atoms with Crippen molar-refractivity contribution in [2.45, 2.75) is 6.92 Å². The molecule has 0 amide bonds. The third-order valence-electron chi connectivity index (χ3n) is 3.50. The molecule has 3 aromatic rings. The quantitative estimate of drug-likeness (QED) is 0.481. The van der Waals surface area contributed by atoms with Crippen molar-refractivity contribution >= 4 is 38.9 Å². The number of thiazole rings is 1. The third kappa shape index (κ3) is 4.36. The van der Waals surface area contributed by atoms with Crippen LogP contribution in [0.25, 0.3) is 22.9 Å². The summed E-state index contributed by atoms with van der Waals surface area (Å²) < 4.78 is 6.47. The minimum absolute atomic E-state index is 0.553. The van der Waals surface area contributed by atoms with Gasteiger partial charge in [0.25, 0.3) is 0 Å². The van der Waals surface area contributed by atoms with Crippen molar-refractivity contribution in [3.8, 4) is 23.1 Å². The van der Waals surface area contributed by atoms with Crippen molar-refractivity contribution in [3.63, 3.8) is 0 Å². The summed E-state index contributed by atoms with van der Waals surface area (Å²) in [5.74, 6) is 0.824. The highest BCUT2D eigenvalue weighted by molar-refractivity contribution is 9.10. The topological polar surface area (TPSA) is 45.9 Å². The first-order valence-electron chi connectivity index (χ1n) is 7.76. The predicted molar refractivity (Wildman–Crippen MR) is 106 cm³/mol. The van der Waals surface area contributed by atoms with Crippen molar-refractivity contribution in [2.24, 2.45) is 0 Å². The number of allylic oxidation sites excluding steroid dienone is 1. The lowest BCUT2D eigenvalue weighted by molar-refractivity contribution is 0.340. The Balaban J connectivity index is 1.86. The summed E-state index contributed by atoms with van der Waals surface area (Å²) >= 11 is 4.90. The second kappa shape index (κ2) is 8.11. The van der Waals surface area contributed by atoms with E-state index in [1.54, 1.807) is 0 Å². The average molecular weight is 411 g/mol. The fourth-order valence-electron chi connectivity index (χ4n) is 2.29. The molecule has 0 N–H and O–H groups in total. The average Bonchev–Trinajstić information content (AvgIpc) is 3.12. The van der Waals surface area contributed by atoms with Crippen LogP contribution in [0.4, 0.5) is 0 Å². The molecule has 0 fully saturated rings. The van der Waals surface area contributed by atoms with E-state index in [0.29, 0.717) is 17.2 Å². The zero-order valence-corrected chi connectivity index (χ0v) is 16.0. The lowest BCUT2D eigenvalue weighted by atomic mass is 10.1. The number of hydrogen-bond acceptors (Lipinski definition) is 4. The van der Waals surface area contributed by atoms with Crippen LogP contribution < -0.4 is 4.74 Å². The second-order valence-electron chi connectivity index (χ2n) is 5.22. The van der Waals surface area contributed by atoms with E-state index in [1.807, 2.05) is 66.9 Å². The Labute approximate surface area is 159 Å². The van der Waals surface area contributed by atoms with Crippen molar-refractivity contribution in [1.29, 1.82) is 5.26 Å². The highest BCUT2D eigenvalue weighted by atomic mass is 79.9. The van der Waals surface area contributed by atoms with Crippen LogP contribution in [-0.2, 0) is 0 Å². The highest BCUT2D eigenvalue weighted by Crippen LogP contribution is 2.28. The van der Waals surface area contributed by atoms with Gasteiger partial charge >= 0.3 is 0 Å². The van der Waals surface area contributed by atoms with Gasteiger partial charge in [0.15, 0.2) is 0 Å². The third-order valence-corrected chi connectivity index (χ3v) is 4.90. The molecule has 0 spiro atoms. The molecule has 124 valence electrons. The molecular formula is C20H15BrN2OS. The van der Waals surface area contributed by atoms with E-state index >= 15 is 0 Å². The Morgan fingerprint density at radius 3 is 2.56 bits per heavy atom. The van der Waals surface area contributed by atoms with Crippen LogP contribution in [0.15, 0.2) is 58.4 Å². The number of rotatable bonds is 5. The predicted octanol–water partition coefficient (Wildman–Crippen LogP) is 6.04. The minimum atomic E-state index is 0.553. The molecule has 25 heavy (non-hydrogen) atoms. The van der Waals surface area contributed by atoms with Gasteiger partial charge in [0.05, 0.1) is 17.9 Å². The van der Waals surface area contributed by atoms with E-state index in [2.05, 4.69) is 27.0 Å². The molecule has 0 unspecified atom stereocenters. The summed E-state index contributed by atoms with van der Waals surface area (Å²) in [7, 11) is 0. The summed E-state index contributed by atoms with van der Waals surface area (Å²) in [6, 6.07) is 17.9. The fraction of sp³-hybridized carbons (Fsp3) is 0.100. The van der Waals surface area contributed by atoms with Gasteiger partial charge in [-0.25, -0.2) is 4.98 Å². The molecule has 2 aromatic carbocycles. The maximum Gasteiger partial charge on any atom is 0.134 e. The molecule has 0 saturated heterocycles. The van der Waals surface area contributed by atoms with Crippen molar-refractivity contribution in [2.75, 3.05) is 6.61 Å². The molecule has 5 heteroatoms. The smallest absolute Gasteiger partial charge is 0.134 e. The highest BCUT2D eigenvalue weighted by Gasteiger charge is 2.09. The largest absolute Gasteiger partial charge is 0.494 e. The summed E-state index contributed by atoms with van der Waals surface area (Å²) in [4.78, 5) is 4.61. The summed E-state index contributed by atoms with van der Waals surface area (Å²) in [6.45, 7) is 2.59. The first-order valence-corrected chi connectivity index (χ1v) is 9.43. The van der Waals surface area contributed by atoms with Gasteiger partial charge in [0.2, 0.25) is 0 Å². The normalized spacial score (nSPS) is 11.2. The van der Waals surface area contributed by atoms with Crippen LogP contribution in [0.1, 0.15) is 17.5 Å². The Kier molecular flexibility index (Phi) is 5.64. The van der Waals surface area contributed by atoms with Crippen molar-refractivity contribution in [1.82, 2.24) is 4.98 Å². The molecule has 3 rings (SSSR count). The molecule has 0 atom stereocenters. The van der Waals surface area contributed by atoms with Crippen LogP contribution >= 0.6 is 27.3 Å². The van der Waals surface area contributed by atoms with Crippen LogP contribution in [-0.4, -0.2) is 11.6 Å². The standard InChI is InChI=1S/C20H15BrN2OS/c1-2-24-18-9-3-14(4-10-18)11-16(12-22)20-23-19(13-25-20)15-5-7-17(21)8-6-15/h3-11,13H,2H2,1H3. The first kappa shape index (κ1) is 17.4. The van der Waals surface area contributed by atoms with E-state index in [0.717, 1.165) is 27.0 Å². The van der Waals surface area contributed by atoms with Gasteiger partial charge < -0.3 is 4.74 Å². The van der Waals surface area contributed by atoms with E-state index in [-0.39, 0.29) is 0 Å². The summed E-state index contributed by atoms with van der Waals surface area (Å²) in [6.07, 6.45) is 1.85. The molecule has 0 aliphatic rings. The zero-order valence-electron chi connectivity index (χ0n) is 13.6. The molecule has 0 aliphatic heterocycles. The van der Waals surface area contributed by atoms with Gasteiger partial charge in [0.1, 0.15) is 16.8 Å². The molecule has 1 heterocycles. The molecular weight excluding hydrogens is 396 g/mol. The summed E-state index contributed by atoms with van der Waals surface area (Å²) in [5, 5.41) is 12.2. The summed E-state index contributed by atoms with van der Waals surface area (Å²) in [5.41, 5.74) is 3.40. The van der Waals surface area contributed by atoms with Crippen molar-refractivity contribution in [3.05, 3.63) is 69.0 Å². The van der Waals surface area contributed by atoms with Gasteiger partial charge in [-0.15, -0.1) is 11.3 Å². The lowest BCUT2D eigenvalue weighted by Crippen LogP contribution is -1.90.